The molecule has 15 heavy (non-hydrogen) atoms. The molecule has 1 amide bonds. The van der Waals surface area contributed by atoms with Crippen molar-refractivity contribution in [1.29, 1.82) is 0 Å². The van der Waals surface area contributed by atoms with Gasteiger partial charge in [0.05, 0.1) is 0 Å². The SMILES string of the molecule is C=C(C)C(=O)OC1CCN(C(=O)O)CC1. The smallest absolute Gasteiger partial charge is 0.407 e. The monoisotopic (exact) mass is 213 g/mol. The molecule has 0 atom stereocenters. The van der Waals surface area contributed by atoms with Gasteiger partial charge in [-0.3, -0.25) is 0 Å². The molecule has 1 N–H and O–H groups in total. The lowest BCUT2D eigenvalue weighted by Crippen LogP contribution is -2.40. The van der Waals surface area contributed by atoms with Crippen molar-refractivity contribution in [1.82, 2.24) is 4.90 Å². The van der Waals surface area contributed by atoms with E-state index < -0.39 is 12.1 Å². The molecular formula is C10H15NO4. The Hall–Kier alpha value is -1.52. The molecule has 1 rings (SSSR count). The molecule has 1 saturated heterocycles. The van der Waals surface area contributed by atoms with E-state index in [-0.39, 0.29) is 6.10 Å². The standard InChI is InChI=1S/C10H15NO4/c1-7(2)9(12)15-8-3-5-11(6-4-8)10(13)14/h8H,1,3-6H2,2H3,(H,13,14). The van der Waals surface area contributed by atoms with Crippen LogP contribution in [-0.2, 0) is 9.53 Å². The Morgan fingerprint density at radius 3 is 2.33 bits per heavy atom. The van der Waals surface area contributed by atoms with Gasteiger partial charge in [-0.05, 0) is 6.92 Å². The maximum Gasteiger partial charge on any atom is 0.407 e. The van der Waals surface area contributed by atoms with Crippen LogP contribution in [0.5, 0.6) is 0 Å². The second-order valence-corrected chi connectivity index (χ2v) is 3.65. The summed E-state index contributed by atoms with van der Waals surface area (Å²) in [4.78, 5) is 23.1. The zero-order valence-electron chi connectivity index (χ0n) is 8.73. The number of likely N-dealkylation sites (tertiary alicyclic amines) is 1. The number of hydrogen-bond donors (Lipinski definition) is 1. The summed E-state index contributed by atoms with van der Waals surface area (Å²) in [5, 5.41) is 8.70. The highest BCUT2D eigenvalue weighted by molar-refractivity contribution is 5.87. The van der Waals surface area contributed by atoms with Crippen molar-refractivity contribution in [2.24, 2.45) is 0 Å². The maximum atomic E-state index is 11.2. The second kappa shape index (κ2) is 4.82. The summed E-state index contributed by atoms with van der Waals surface area (Å²) in [7, 11) is 0. The zero-order chi connectivity index (χ0) is 11.4. The number of carbonyl (C=O) groups is 2. The Morgan fingerprint density at radius 1 is 1.40 bits per heavy atom. The molecule has 0 spiro atoms. The molecule has 1 aliphatic rings. The maximum absolute atomic E-state index is 11.2. The second-order valence-electron chi connectivity index (χ2n) is 3.65. The molecule has 1 fully saturated rings. The molecule has 5 heteroatoms. The van der Waals surface area contributed by atoms with Crippen LogP contribution in [0, 0.1) is 0 Å². The molecular weight excluding hydrogens is 198 g/mol. The Bertz CT molecular complexity index is 279. The van der Waals surface area contributed by atoms with E-state index in [4.69, 9.17) is 9.84 Å². The minimum absolute atomic E-state index is 0.176. The Kier molecular flexibility index (Phi) is 3.71. The molecule has 0 unspecified atom stereocenters. The van der Waals surface area contributed by atoms with Crippen LogP contribution in [0.1, 0.15) is 19.8 Å². The van der Waals surface area contributed by atoms with Gasteiger partial charge in [0.15, 0.2) is 0 Å². The van der Waals surface area contributed by atoms with Gasteiger partial charge in [0.1, 0.15) is 6.10 Å². The lowest BCUT2D eigenvalue weighted by atomic mass is 10.1. The first kappa shape index (κ1) is 11.6. The third-order valence-electron chi connectivity index (χ3n) is 2.33. The number of hydrogen-bond acceptors (Lipinski definition) is 3. The van der Waals surface area contributed by atoms with E-state index in [9.17, 15) is 9.59 Å². The van der Waals surface area contributed by atoms with E-state index in [2.05, 4.69) is 6.58 Å². The first-order chi connectivity index (χ1) is 7.00. The number of nitrogens with zero attached hydrogens (tertiary/aromatic N) is 1. The van der Waals surface area contributed by atoms with Crippen LogP contribution in [-0.4, -0.2) is 41.3 Å². The third-order valence-corrected chi connectivity index (χ3v) is 2.33. The fraction of sp³-hybridized carbons (Fsp3) is 0.600. The van der Waals surface area contributed by atoms with Crippen molar-refractivity contribution in [3.05, 3.63) is 12.2 Å². The summed E-state index contributed by atoms with van der Waals surface area (Å²) in [6.07, 6.45) is 0.0286. The highest BCUT2D eigenvalue weighted by Crippen LogP contribution is 2.14. The summed E-state index contributed by atoms with van der Waals surface area (Å²) in [6.45, 7) is 5.92. The van der Waals surface area contributed by atoms with Crippen LogP contribution in [0.25, 0.3) is 0 Å². The quantitative estimate of drug-likeness (QED) is 0.553. The fourth-order valence-electron chi connectivity index (χ4n) is 1.42. The lowest BCUT2D eigenvalue weighted by molar-refractivity contribution is -0.146. The number of rotatable bonds is 2. The molecule has 84 valence electrons. The number of amides is 1. The molecule has 0 radical (unpaired) electrons. The van der Waals surface area contributed by atoms with Crippen molar-refractivity contribution < 1.29 is 19.4 Å². The molecule has 1 heterocycles. The van der Waals surface area contributed by atoms with Crippen LogP contribution < -0.4 is 0 Å². The Labute approximate surface area is 88.3 Å². The third kappa shape index (κ3) is 3.27. The summed E-state index contributed by atoms with van der Waals surface area (Å²) in [6, 6.07) is 0. The van der Waals surface area contributed by atoms with Gasteiger partial charge in [0.25, 0.3) is 0 Å². The summed E-state index contributed by atoms with van der Waals surface area (Å²) in [5.74, 6) is -0.399. The predicted molar refractivity (Wildman–Crippen MR) is 53.5 cm³/mol. The fourth-order valence-corrected chi connectivity index (χ4v) is 1.42. The van der Waals surface area contributed by atoms with Crippen molar-refractivity contribution in [3.63, 3.8) is 0 Å². The van der Waals surface area contributed by atoms with E-state index in [0.29, 0.717) is 31.5 Å². The first-order valence-corrected chi connectivity index (χ1v) is 4.85. The van der Waals surface area contributed by atoms with E-state index in [1.165, 1.54) is 4.90 Å². The first-order valence-electron chi connectivity index (χ1n) is 4.85. The van der Waals surface area contributed by atoms with Crippen LogP contribution in [0.15, 0.2) is 12.2 Å². The number of ether oxygens (including phenoxy) is 1. The van der Waals surface area contributed by atoms with Crippen molar-refractivity contribution in [3.8, 4) is 0 Å². The van der Waals surface area contributed by atoms with Crippen LogP contribution in [0.3, 0.4) is 0 Å². The van der Waals surface area contributed by atoms with Gasteiger partial charge in [-0.25, -0.2) is 9.59 Å². The summed E-state index contributed by atoms with van der Waals surface area (Å²) < 4.78 is 5.12. The van der Waals surface area contributed by atoms with Crippen LogP contribution in [0.2, 0.25) is 0 Å². The molecule has 0 bridgehead atoms. The summed E-state index contributed by atoms with van der Waals surface area (Å²) >= 11 is 0. The molecule has 5 nitrogen and oxygen atoms in total. The number of piperidine rings is 1. The van der Waals surface area contributed by atoms with Gasteiger partial charge in [0.2, 0.25) is 0 Å². The average Bonchev–Trinajstić information content (AvgIpc) is 2.18. The van der Waals surface area contributed by atoms with Gasteiger partial charge in [-0.15, -0.1) is 0 Å². The minimum Gasteiger partial charge on any atom is -0.465 e. The van der Waals surface area contributed by atoms with Gasteiger partial charge < -0.3 is 14.7 Å². The Balaban J connectivity index is 2.35. The molecule has 0 aromatic rings. The van der Waals surface area contributed by atoms with E-state index >= 15 is 0 Å². The topological polar surface area (TPSA) is 66.8 Å². The zero-order valence-corrected chi connectivity index (χ0v) is 8.73. The molecule has 0 aromatic carbocycles. The highest BCUT2D eigenvalue weighted by Gasteiger charge is 2.24. The minimum atomic E-state index is -0.917. The van der Waals surface area contributed by atoms with E-state index in [0.717, 1.165) is 0 Å². The highest BCUT2D eigenvalue weighted by atomic mass is 16.5. The van der Waals surface area contributed by atoms with Gasteiger partial charge >= 0.3 is 12.1 Å². The lowest BCUT2D eigenvalue weighted by Gasteiger charge is -2.29. The molecule has 0 aliphatic carbocycles. The predicted octanol–water partition coefficient (Wildman–Crippen LogP) is 1.25. The van der Waals surface area contributed by atoms with Crippen LogP contribution >= 0.6 is 0 Å². The van der Waals surface area contributed by atoms with Gasteiger partial charge in [0, 0.05) is 31.5 Å². The number of carboxylic acid groups (broad SMARTS) is 1. The summed E-state index contributed by atoms with van der Waals surface area (Å²) in [5.41, 5.74) is 0.371. The van der Waals surface area contributed by atoms with Crippen molar-refractivity contribution in [2.45, 2.75) is 25.9 Å². The Morgan fingerprint density at radius 2 is 1.93 bits per heavy atom. The van der Waals surface area contributed by atoms with E-state index in [1.807, 2.05) is 0 Å². The molecule has 0 aromatic heterocycles. The van der Waals surface area contributed by atoms with Gasteiger partial charge in [-0.2, -0.15) is 0 Å². The van der Waals surface area contributed by atoms with Crippen molar-refractivity contribution in [2.75, 3.05) is 13.1 Å². The van der Waals surface area contributed by atoms with Crippen LogP contribution in [0.4, 0.5) is 4.79 Å². The number of carbonyl (C=O) groups excluding carboxylic acids is 1. The number of esters is 1. The van der Waals surface area contributed by atoms with Crippen molar-refractivity contribution >= 4 is 12.1 Å². The van der Waals surface area contributed by atoms with Gasteiger partial charge in [-0.1, -0.05) is 6.58 Å². The molecule has 0 saturated carbocycles. The normalized spacial score (nSPS) is 17.3. The van der Waals surface area contributed by atoms with E-state index in [1.54, 1.807) is 6.92 Å². The molecule has 1 aliphatic heterocycles. The largest absolute Gasteiger partial charge is 0.465 e. The average molecular weight is 213 g/mol.